The third-order valence-electron chi connectivity index (χ3n) is 7.08. The second-order valence-corrected chi connectivity index (χ2v) is 12.6. The molecule has 1 aliphatic rings. The maximum absolute atomic E-state index is 14.0. The topological polar surface area (TPSA) is 86.8 Å². The lowest BCUT2D eigenvalue weighted by Gasteiger charge is -2.33. The van der Waals surface area contributed by atoms with E-state index in [2.05, 4.69) is 21.2 Å². The van der Waals surface area contributed by atoms with Gasteiger partial charge >= 0.3 is 0 Å². The molecule has 0 aliphatic heterocycles. The zero-order valence-electron chi connectivity index (χ0n) is 22.3. The van der Waals surface area contributed by atoms with Gasteiger partial charge in [0, 0.05) is 17.1 Å². The second kappa shape index (κ2) is 13.4. The average molecular weight is 631 g/mol. The number of halogens is 2. The number of amides is 2. The highest BCUT2D eigenvalue weighted by atomic mass is 79.9. The van der Waals surface area contributed by atoms with E-state index in [-0.39, 0.29) is 23.4 Å². The number of carbonyl (C=O) groups excluding carboxylic acids is 2. The van der Waals surface area contributed by atoms with Gasteiger partial charge in [0.15, 0.2) is 0 Å². The number of anilines is 1. The van der Waals surface area contributed by atoms with Crippen molar-refractivity contribution in [2.75, 3.05) is 10.8 Å². The SMILES string of the molecule is CC[C@@H](C(=O)NC1CCCC1)N(Cc1ccc(F)cc1)C(=O)CN(c1ccc(Br)cc1)S(=O)(=O)c1ccccc1. The molecule has 4 rings (SSSR count). The lowest BCUT2D eigenvalue weighted by molar-refractivity contribution is -0.140. The van der Waals surface area contributed by atoms with Gasteiger partial charge in [0.1, 0.15) is 18.4 Å². The van der Waals surface area contributed by atoms with Crippen molar-refractivity contribution in [3.63, 3.8) is 0 Å². The summed E-state index contributed by atoms with van der Waals surface area (Å²) in [6, 6.07) is 19.5. The van der Waals surface area contributed by atoms with Crippen LogP contribution in [-0.4, -0.2) is 43.8 Å². The maximum atomic E-state index is 14.0. The Morgan fingerprint density at radius 1 is 0.975 bits per heavy atom. The van der Waals surface area contributed by atoms with E-state index in [1.165, 1.54) is 29.2 Å². The minimum absolute atomic E-state index is 0.0231. The van der Waals surface area contributed by atoms with Crippen LogP contribution in [-0.2, 0) is 26.2 Å². The first kappa shape index (κ1) is 29.7. The van der Waals surface area contributed by atoms with Gasteiger partial charge in [-0.25, -0.2) is 12.8 Å². The van der Waals surface area contributed by atoms with E-state index in [1.807, 2.05) is 6.92 Å². The van der Waals surface area contributed by atoms with Crippen molar-refractivity contribution in [2.45, 2.75) is 62.6 Å². The zero-order chi connectivity index (χ0) is 28.7. The van der Waals surface area contributed by atoms with E-state index < -0.39 is 34.3 Å². The molecule has 0 spiro atoms. The smallest absolute Gasteiger partial charge is 0.264 e. The van der Waals surface area contributed by atoms with Gasteiger partial charge in [-0.3, -0.25) is 13.9 Å². The Bertz CT molecular complexity index is 1400. The molecular formula is C30H33BrFN3O4S. The highest BCUT2D eigenvalue weighted by Gasteiger charge is 2.34. The largest absolute Gasteiger partial charge is 0.352 e. The Balaban J connectivity index is 1.69. The molecule has 1 saturated carbocycles. The fraction of sp³-hybridized carbons (Fsp3) is 0.333. The lowest BCUT2D eigenvalue weighted by atomic mass is 10.1. The summed E-state index contributed by atoms with van der Waals surface area (Å²) in [6.07, 6.45) is 4.19. The van der Waals surface area contributed by atoms with Gasteiger partial charge in [-0.2, -0.15) is 0 Å². The normalized spacial score (nSPS) is 14.5. The molecule has 212 valence electrons. The zero-order valence-corrected chi connectivity index (χ0v) is 24.7. The van der Waals surface area contributed by atoms with Crippen LogP contribution in [0, 0.1) is 5.82 Å². The second-order valence-electron chi connectivity index (χ2n) is 9.86. The number of hydrogen-bond acceptors (Lipinski definition) is 4. The van der Waals surface area contributed by atoms with Gasteiger partial charge in [-0.05, 0) is 73.4 Å². The molecule has 3 aromatic carbocycles. The minimum Gasteiger partial charge on any atom is -0.352 e. The first-order valence-corrected chi connectivity index (χ1v) is 15.6. The van der Waals surface area contributed by atoms with Crippen molar-refractivity contribution in [1.82, 2.24) is 10.2 Å². The molecule has 0 unspecified atom stereocenters. The molecule has 0 saturated heterocycles. The Kier molecular flexibility index (Phi) is 9.97. The number of carbonyl (C=O) groups is 2. The van der Waals surface area contributed by atoms with Gasteiger partial charge in [-0.15, -0.1) is 0 Å². The molecule has 7 nitrogen and oxygen atoms in total. The summed E-state index contributed by atoms with van der Waals surface area (Å²) < 4.78 is 43.0. The number of nitrogens with one attached hydrogen (secondary N) is 1. The van der Waals surface area contributed by atoms with Gasteiger partial charge in [0.25, 0.3) is 10.0 Å². The van der Waals surface area contributed by atoms with E-state index in [4.69, 9.17) is 0 Å². The van der Waals surface area contributed by atoms with Crippen LogP contribution in [0.3, 0.4) is 0 Å². The van der Waals surface area contributed by atoms with Crippen molar-refractivity contribution in [3.8, 4) is 0 Å². The van der Waals surface area contributed by atoms with E-state index in [0.29, 0.717) is 17.7 Å². The Morgan fingerprint density at radius 2 is 1.60 bits per heavy atom. The molecule has 40 heavy (non-hydrogen) atoms. The Labute approximate surface area is 243 Å². The van der Waals surface area contributed by atoms with E-state index in [1.54, 1.807) is 54.6 Å². The molecule has 10 heteroatoms. The highest BCUT2D eigenvalue weighted by molar-refractivity contribution is 9.10. The summed E-state index contributed by atoms with van der Waals surface area (Å²) in [7, 11) is -4.12. The van der Waals surface area contributed by atoms with Crippen LogP contribution in [0.5, 0.6) is 0 Å². The fourth-order valence-corrected chi connectivity index (χ4v) is 6.63. The van der Waals surface area contributed by atoms with Crippen LogP contribution in [0.25, 0.3) is 0 Å². The first-order valence-electron chi connectivity index (χ1n) is 13.4. The summed E-state index contributed by atoms with van der Waals surface area (Å²) in [4.78, 5) is 28.9. The van der Waals surface area contributed by atoms with Crippen molar-refractivity contribution < 1.29 is 22.4 Å². The standard InChI is InChI=1S/C30H33BrFN3O4S/c1-2-28(30(37)33-25-8-6-7-9-25)34(20-22-12-16-24(32)17-13-22)29(36)21-35(26-18-14-23(31)15-19-26)40(38,39)27-10-4-3-5-11-27/h3-5,10-19,25,28H,2,6-9,20-21H2,1H3,(H,33,37)/t28-/m0/s1. The Morgan fingerprint density at radius 3 is 2.20 bits per heavy atom. The van der Waals surface area contributed by atoms with Gasteiger partial charge in [-0.1, -0.05) is 66.0 Å². The minimum atomic E-state index is -4.12. The lowest BCUT2D eigenvalue weighted by Crippen LogP contribution is -2.53. The van der Waals surface area contributed by atoms with Crippen LogP contribution in [0.15, 0.2) is 88.2 Å². The Hall–Kier alpha value is -3.24. The summed E-state index contributed by atoms with van der Waals surface area (Å²) in [5, 5.41) is 3.08. The molecule has 1 atom stereocenters. The molecule has 1 fully saturated rings. The van der Waals surface area contributed by atoms with Crippen molar-refractivity contribution in [1.29, 1.82) is 0 Å². The van der Waals surface area contributed by atoms with E-state index in [0.717, 1.165) is 34.5 Å². The molecule has 0 aromatic heterocycles. The van der Waals surface area contributed by atoms with Crippen LogP contribution < -0.4 is 9.62 Å². The molecule has 0 heterocycles. The van der Waals surface area contributed by atoms with Crippen LogP contribution in [0.1, 0.15) is 44.6 Å². The van der Waals surface area contributed by atoms with Crippen molar-refractivity contribution in [3.05, 3.63) is 94.7 Å². The summed E-state index contributed by atoms with van der Waals surface area (Å²) >= 11 is 3.37. The van der Waals surface area contributed by atoms with Gasteiger partial charge in [0.2, 0.25) is 11.8 Å². The molecule has 1 N–H and O–H groups in total. The predicted molar refractivity (Wildman–Crippen MR) is 157 cm³/mol. The average Bonchev–Trinajstić information content (AvgIpc) is 3.46. The molecule has 0 bridgehead atoms. The predicted octanol–water partition coefficient (Wildman–Crippen LogP) is 5.65. The number of hydrogen-bond donors (Lipinski definition) is 1. The quantitative estimate of drug-likeness (QED) is 0.297. The van der Waals surface area contributed by atoms with E-state index in [9.17, 15) is 22.4 Å². The highest BCUT2D eigenvalue weighted by Crippen LogP contribution is 2.26. The van der Waals surface area contributed by atoms with Crippen LogP contribution in [0.4, 0.5) is 10.1 Å². The molecular weight excluding hydrogens is 597 g/mol. The number of rotatable bonds is 11. The molecule has 1 aliphatic carbocycles. The third kappa shape index (κ3) is 7.28. The first-order chi connectivity index (χ1) is 19.2. The fourth-order valence-electron chi connectivity index (χ4n) is 4.93. The van der Waals surface area contributed by atoms with Crippen molar-refractivity contribution >= 4 is 43.5 Å². The molecule has 2 amide bonds. The monoisotopic (exact) mass is 629 g/mol. The van der Waals surface area contributed by atoms with Crippen LogP contribution in [0.2, 0.25) is 0 Å². The summed E-state index contributed by atoms with van der Waals surface area (Å²) in [6.45, 7) is 1.32. The number of nitrogens with zero attached hydrogens (tertiary/aromatic N) is 2. The number of sulfonamides is 1. The van der Waals surface area contributed by atoms with Crippen molar-refractivity contribution in [2.24, 2.45) is 0 Å². The summed E-state index contributed by atoms with van der Waals surface area (Å²) in [5.74, 6) is -1.23. The number of benzene rings is 3. The molecule has 3 aromatic rings. The maximum Gasteiger partial charge on any atom is 0.264 e. The van der Waals surface area contributed by atoms with Crippen LogP contribution >= 0.6 is 15.9 Å². The summed E-state index contributed by atoms with van der Waals surface area (Å²) in [5.41, 5.74) is 0.938. The van der Waals surface area contributed by atoms with Gasteiger partial charge < -0.3 is 10.2 Å². The third-order valence-corrected chi connectivity index (χ3v) is 9.40. The van der Waals surface area contributed by atoms with E-state index >= 15 is 0 Å². The molecule has 0 radical (unpaired) electrons. The van der Waals surface area contributed by atoms with Gasteiger partial charge in [0.05, 0.1) is 10.6 Å².